The molecule has 0 radical (unpaired) electrons. The van der Waals surface area contributed by atoms with Crippen LogP contribution < -0.4 is 0 Å². The van der Waals surface area contributed by atoms with Gasteiger partial charge in [0.25, 0.3) is 0 Å². The fourth-order valence-electron chi connectivity index (χ4n) is 0.136. The van der Waals surface area contributed by atoms with E-state index in [1.165, 1.54) is 11.7 Å². The molecule has 1 aromatic rings. The van der Waals surface area contributed by atoms with Gasteiger partial charge in [0.15, 0.2) is 0 Å². The van der Waals surface area contributed by atoms with Gasteiger partial charge in [0.1, 0.15) is 0 Å². The second kappa shape index (κ2) is 1.12. The maximum absolute atomic E-state index is 3.65. The van der Waals surface area contributed by atoms with Crippen LogP contribution in [-0.2, 0) is 0 Å². The lowest BCUT2D eigenvalue weighted by molar-refractivity contribution is 1.53. The molecular formula is C2H3N2S+. The maximum atomic E-state index is 3.65. The molecule has 0 amide bonds. The number of hydrogen-bond donors (Lipinski definition) is 0. The molecule has 0 aliphatic rings. The molecule has 1 heterocycles. The molecular weight excluding hydrogens is 84.1 g/mol. The summed E-state index contributed by atoms with van der Waals surface area (Å²) in [6.45, 7) is 0. The van der Waals surface area contributed by atoms with Crippen molar-refractivity contribution in [3.05, 3.63) is 12.4 Å². The van der Waals surface area contributed by atoms with E-state index in [-0.39, 0.29) is 1.43 Å². The van der Waals surface area contributed by atoms with Gasteiger partial charge in [0.05, 0.1) is 24.1 Å². The zero-order valence-corrected chi connectivity index (χ0v) is 3.27. The van der Waals surface area contributed by atoms with E-state index in [9.17, 15) is 0 Å². The minimum Gasteiger partial charge on any atom is -0.182 e. The van der Waals surface area contributed by atoms with E-state index in [1.807, 2.05) is 0 Å². The van der Waals surface area contributed by atoms with Crippen LogP contribution in [-0.4, -0.2) is 8.75 Å². The van der Waals surface area contributed by atoms with Gasteiger partial charge in [-0.15, -0.1) is 0 Å². The lowest BCUT2D eigenvalue weighted by Crippen LogP contribution is -1.32. The zero-order chi connectivity index (χ0) is 3.54. The van der Waals surface area contributed by atoms with Gasteiger partial charge in [0.2, 0.25) is 0 Å². The van der Waals surface area contributed by atoms with Gasteiger partial charge in [-0.1, -0.05) is 0 Å². The Balaban J connectivity index is 0.000000250. The fourth-order valence-corrected chi connectivity index (χ4v) is 0.408. The summed E-state index contributed by atoms with van der Waals surface area (Å²) >= 11 is 1.21. The summed E-state index contributed by atoms with van der Waals surface area (Å²) in [5.74, 6) is 0. The molecule has 0 spiro atoms. The Kier molecular flexibility index (Phi) is 0.624. The van der Waals surface area contributed by atoms with Gasteiger partial charge in [-0.25, -0.2) is 0 Å². The van der Waals surface area contributed by atoms with Crippen LogP contribution in [0.1, 0.15) is 1.43 Å². The first-order valence-electron chi connectivity index (χ1n) is 1.21. The highest BCUT2D eigenvalue weighted by Crippen LogP contribution is 1.74. The Morgan fingerprint density at radius 1 is 1.40 bits per heavy atom. The highest BCUT2D eigenvalue weighted by molar-refractivity contribution is 6.98. The molecule has 0 aliphatic heterocycles. The normalized spacial score (nSPS) is 8.00. The third-order valence-electron chi connectivity index (χ3n) is 0.283. The number of rotatable bonds is 0. The molecule has 0 bridgehead atoms. The monoisotopic (exact) mass is 87.0 g/mol. The molecule has 2 nitrogen and oxygen atoms in total. The highest BCUT2D eigenvalue weighted by Gasteiger charge is 1.61. The van der Waals surface area contributed by atoms with E-state index in [1.54, 1.807) is 12.4 Å². The topological polar surface area (TPSA) is 25.8 Å². The molecule has 0 unspecified atom stereocenters. The first-order valence-corrected chi connectivity index (χ1v) is 1.95. The van der Waals surface area contributed by atoms with Gasteiger partial charge < -0.3 is 0 Å². The summed E-state index contributed by atoms with van der Waals surface area (Å²) in [6.07, 6.45) is 3.31. The molecule has 1 rings (SSSR count). The number of nitrogens with zero attached hydrogens (tertiary/aromatic N) is 2. The van der Waals surface area contributed by atoms with Gasteiger partial charge in [-0.05, 0) is 0 Å². The van der Waals surface area contributed by atoms with Crippen molar-refractivity contribution in [2.24, 2.45) is 0 Å². The summed E-state index contributed by atoms with van der Waals surface area (Å²) < 4.78 is 7.31. The van der Waals surface area contributed by atoms with Crippen LogP contribution in [0.15, 0.2) is 12.4 Å². The molecule has 5 heavy (non-hydrogen) atoms. The van der Waals surface area contributed by atoms with E-state index >= 15 is 0 Å². The molecule has 0 saturated heterocycles. The van der Waals surface area contributed by atoms with Crippen molar-refractivity contribution in [1.82, 2.24) is 8.75 Å². The van der Waals surface area contributed by atoms with Crippen LogP contribution >= 0.6 is 11.7 Å². The van der Waals surface area contributed by atoms with Crippen molar-refractivity contribution < 1.29 is 1.43 Å². The third-order valence-corrected chi connectivity index (χ3v) is 0.715. The van der Waals surface area contributed by atoms with Crippen molar-refractivity contribution in [2.75, 3.05) is 0 Å². The average Bonchev–Trinajstić information content (AvgIpc) is 1.76. The first kappa shape index (κ1) is 2.78. The molecule has 0 saturated carbocycles. The van der Waals surface area contributed by atoms with Crippen LogP contribution in [0.5, 0.6) is 0 Å². The maximum Gasteiger partial charge on any atom is 1.00 e. The molecule has 26 valence electrons. The van der Waals surface area contributed by atoms with Crippen molar-refractivity contribution in [1.29, 1.82) is 0 Å². The minimum absolute atomic E-state index is 0. The third kappa shape index (κ3) is 0.417. The van der Waals surface area contributed by atoms with Gasteiger partial charge in [0, 0.05) is 0 Å². The Labute approximate surface area is 35.3 Å². The molecule has 0 aromatic carbocycles. The quantitative estimate of drug-likeness (QED) is 0.464. The summed E-state index contributed by atoms with van der Waals surface area (Å²) in [5.41, 5.74) is 0. The van der Waals surface area contributed by atoms with Crippen molar-refractivity contribution >= 4 is 11.7 Å². The van der Waals surface area contributed by atoms with Crippen molar-refractivity contribution in [3.63, 3.8) is 0 Å². The van der Waals surface area contributed by atoms with Crippen LogP contribution in [0.2, 0.25) is 0 Å². The molecule has 0 fully saturated rings. The Morgan fingerprint density at radius 2 is 2.00 bits per heavy atom. The van der Waals surface area contributed by atoms with E-state index in [2.05, 4.69) is 8.75 Å². The average molecular weight is 87.1 g/mol. The summed E-state index contributed by atoms with van der Waals surface area (Å²) in [4.78, 5) is 0. The zero-order valence-electron chi connectivity index (χ0n) is 3.46. The summed E-state index contributed by atoms with van der Waals surface area (Å²) in [6, 6.07) is 0. The van der Waals surface area contributed by atoms with Crippen molar-refractivity contribution in [2.45, 2.75) is 0 Å². The van der Waals surface area contributed by atoms with Crippen LogP contribution in [0, 0.1) is 0 Å². The Hall–Kier alpha value is -0.440. The predicted molar refractivity (Wildman–Crippen MR) is 21.0 cm³/mol. The molecule has 3 heteroatoms. The molecule has 0 N–H and O–H groups in total. The molecule has 1 aromatic heterocycles. The van der Waals surface area contributed by atoms with E-state index < -0.39 is 0 Å². The van der Waals surface area contributed by atoms with E-state index in [4.69, 9.17) is 0 Å². The number of hydrogen-bond acceptors (Lipinski definition) is 3. The van der Waals surface area contributed by atoms with Crippen molar-refractivity contribution in [3.8, 4) is 0 Å². The largest absolute Gasteiger partial charge is 1.00 e. The molecule has 0 atom stereocenters. The predicted octanol–water partition coefficient (Wildman–Crippen LogP) is 0.651. The van der Waals surface area contributed by atoms with Crippen LogP contribution in [0.25, 0.3) is 0 Å². The SMILES string of the molecule is [H+].c1cnsn1. The summed E-state index contributed by atoms with van der Waals surface area (Å²) in [7, 11) is 0. The van der Waals surface area contributed by atoms with E-state index in [0.29, 0.717) is 0 Å². The van der Waals surface area contributed by atoms with Gasteiger partial charge in [-0.2, -0.15) is 8.75 Å². The van der Waals surface area contributed by atoms with Gasteiger partial charge in [-0.3, -0.25) is 0 Å². The summed E-state index contributed by atoms with van der Waals surface area (Å²) in [5, 5.41) is 0. The lowest BCUT2D eigenvalue weighted by Gasteiger charge is -1.39. The fraction of sp³-hybridized carbons (Fsp3) is 0. The van der Waals surface area contributed by atoms with Crippen LogP contribution in [0.3, 0.4) is 0 Å². The Morgan fingerprint density at radius 3 is 2.20 bits per heavy atom. The molecule has 0 aliphatic carbocycles. The van der Waals surface area contributed by atoms with Crippen LogP contribution in [0.4, 0.5) is 0 Å². The highest BCUT2D eigenvalue weighted by atomic mass is 32.1. The smallest absolute Gasteiger partial charge is 0.182 e. The van der Waals surface area contributed by atoms with E-state index in [0.717, 1.165) is 0 Å². The first-order chi connectivity index (χ1) is 2.50. The minimum atomic E-state index is 0. The lowest BCUT2D eigenvalue weighted by atomic mass is 11.0. The van der Waals surface area contributed by atoms with Gasteiger partial charge >= 0.3 is 1.43 Å². The standard InChI is InChI=1S/C2H2N2S/c1-2-4-5-3-1/h1-2H/p+1. The second-order valence-electron chi connectivity index (χ2n) is 0.591. The second-order valence-corrected chi connectivity index (χ2v) is 1.18. The Bertz CT molecular complexity index is 68.0. The number of aromatic nitrogens is 2.